The summed E-state index contributed by atoms with van der Waals surface area (Å²) in [5, 5.41) is 2.84. The second kappa shape index (κ2) is 5.17. The maximum atomic E-state index is 12.2. The molecule has 0 radical (unpaired) electrons. The molecular formula is C15H12BrNO3. The molecule has 1 heterocycles. The molecule has 1 amide bonds. The molecule has 0 atom stereocenters. The molecule has 3 rings (SSSR count). The van der Waals surface area contributed by atoms with Crippen molar-refractivity contribution < 1.29 is 14.3 Å². The van der Waals surface area contributed by atoms with E-state index in [1.807, 2.05) is 19.1 Å². The fraction of sp³-hybridized carbons (Fsp3) is 0.133. The summed E-state index contributed by atoms with van der Waals surface area (Å²) in [4.78, 5) is 12.2. The van der Waals surface area contributed by atoms with Gasteiger partial charge in [0.05, 0.1) is 5.56 Å². The molecule has 1 aliphatic heterocycles. The van der Waals surface area contributed by atoms with Crippen molar-refractivity contribution in [1.29, 1.82) is 0 Å². The molecule has 0 bridgehead atoms. The van der Waals surface area contributed by atoms with Gasteiger partial charge in [-0.2, -0.15) is 0 Å². The SMILES string of the molecule is Cc1ccc(C(=O)Nc2ccc3c(c2)OCO3)c(Br)c1. The minimum Gasteiger partial charge on any atom is -0.454 e. The first kappa shape index (κ1) is 13.0. The standard InChI is InChI=1S/C15H12BrNO3/c1-9-2-4-11(12(16)6-9)15(18)17-10-3-5-13-14(7-10)20-8-19-13/h2-7H,8H2,1H3,(H,17,18). The van der Waals surface area contributed by atoms with Crippen molar-refractivity contribution in [3.63, 3.8) is 0 Å². The Kier molecular flexibility index (Phi) is 3.36. The molecule has 2 aromatic rings. The van der Waals surface area contributed by atoms with Gasteiger partial charge in [-0.3, -0.25) is 4.79 Å². The quantitative estimate of drug-likeness (QED) is 0.910. The topological polar surface area (TPSA) is 47.6 Å². The first-order valence-corrected chi connectivity index (χ1v) is 6.90. The van der Waals surface area contributed by atoms with Crippen molar-refractivity contribution in [2.24, 2.45) is 0 Å². The van der Waals surface area contributed by atoms with Gasteiger partial charge in [-0.05, 0) is 52.7 Å². The molecule has 0 aliphatic carbocycles. The number of benzene rings is 2. The Labute approximate surface area is 124 Å². The van der Waals surface area contributed by atoms with E-state index in [0.29, 0.717) is 22.7 Å². The van der Waals surface area contributed by atoms with Gasteiger partial charge in [0.1, 0.15) is 0 Å². The van der Waals surface area contributed by atoms with Crippen molar-refractivity contribution in [2.75, 3.05) is 12.1 Å². The summed E-state index contributed by atoms with van der Waals surface area (Å²) < 4.78 is 11.3. The lowest BCUT2D eigenvalue weighted by Crippen LogP contribution is -2.12. The lowest BCUT2D eigenvalue weighted by molar-refractivity contribution is 0.102. The number of fused-ring (bicyclic) bond motifs is 1. The fourth-order valence-corrected chi connectivity index (χ4v) is 2.65. The van der Waals surface area contributed by atoms with Gasteiger partial charge in [-0.1, -0.05) is 6.07 Å². The number of rotatable bonds is 2. The number of ether oxygens (including phenoxy) is 2. The number of hydrogen-bond donors (Lipinski definition) is 1. The molecule has 0 spiro atoms. The van der Waals surface area contributed by atoms with Crippen molar-refractivity contribution in [3.05, 3.63) is 52.0 Å². The smallest absolute Gasteiger partial charge is 0.256 e. The van der Waals surface area contributed by atoms with Gasteiger partial charge in [0.15, 0.2) is 11.5 Å². The highest BCUT2D eigenvalue weighted by Gasteiger charge is 2.15. The molecule has 2 aromatic carbocycles. The van der Waals surface area contributed by atoms with Crippen LogP contribution in [-0.2, 0) is 0 Å². The Bertz CT molecular complexity index is 685. The van der Waals surface area contributed by atoms with E-state index in [1.54, 1.807) is 24.3 Å². The van der Waals surface area contributed by atoms with E-state index in [2.05, 4.69) is 21.2 Å². The van der Waals surface area contributed by atoms with E-state index in [0.717, 1.165) is 10.0 Å². The van der Waals surface area contributed by atoms with Crippen LogP contribution >= 0.6 is 15.9 Å². The summed E-state index contributed by atoms with van der Waals surface area (Å²) in [5.74, 6) is 1.17. The van der Waals surface area contributed by atoms with Crippen molar-refractivity contribution >= 4 is 27.5 Å². The number of anilines is 1. The largest absolute Gasteiger partial charge is 0.454 e. The molecule has 0 aromatic heterocycles. The van der Waals surface area contributed by atoms with Crippen molar-refractivity contribution in [3.8, 4) is 11.5 Å². The van der Waals surface area contributed by atoms with Crippen molar-refractivity contribution in [1.82, 2.24) is 0 Å². The van der Waals surface area contributed by atoms with Gasteiger partial charge >= 0.3 is 0 Å². The van der Waals surface area contributed by atoms with Crippen LogP contribution in [0.25, 0.3) is 0 Å². The molecule has 0 unspecified atom stereocenters. The average Bonchev–Trinajstić information content (AvgIpc) is 2.85. The molecule has 4 nitrogen and oxygen atoms in total. The van der Waals surface area contributed by atoms with Crippen LogP contribution in [0.5, 0.6) is 11.5 Å². The highest BCUT2D eigenvalue weighted by molar-refractivity contribution is 9.10. The first-order chi connectivity index (χ1) is 9.63. The Morgan fingerprint density at radius 1 is 1.15 bits per heavy atom. The number of nitrogens with one attached hydrogen (secondary N) is 1. The molecule has 102 valence electrons. The lowest BCUT2D eigenvalue weighted by atomic mass is 10.1. The second-order valence-corrected chi connectivity index (χ2v) is 5.36. The number of aryl methyl sites for hydroxylation is 1. The van der Waals surface area contributed by atoms with Crippen LogP contribution < -0.4 is 14.8 Å². The van der Waals surface area contributed by atoms with E-state index in [4.69, 9.17) is 9.47 Å². The van der Waals surface area contributed by atoms with Gasteiger partial charge in [0.2, 0.25) is 6.79 Å². The fourth-order valence-electron chi connectivity index (χ4n) is 1.98. The summed E-state index contributed by atoms with van der Waals surface area (Å²) >= 11 is 3.41. The Balaban J connectivity index is 1.82. The first-order valence-electron chi connectivity index (χ1n) is 6.10. The van der Waals surface area contributed by atoms with Crippen LogP contribution in [0, 0.1) is 6.92 Å². The number of amides is 1. The van der Waals surface area contributed by atoms with Crippen LogP contribution in [0.1, 0.15) is 15.9 Å². The van der Waals surface area contributed by atoms with Crippen LogP contribution in [0.4, 0.5) is 5.69 Å². The molecular weight excluding hydrogens is 322 g/mol. The van der Waals surface area contributed by atoms with E-state index >= 15 is 0 Å². The molecule has 1 aliphatic rings. The van der Waals surface area contributed by atoms with Gasteiger partial charge in [-0.25, -0.2) is 0 Å². The van der Waals surface area contributed by atoms with E-state index in [-0.39, 0.29) is 12.7 Å². The predicted molar refractivity (Wildman–Crippen MR) is 79.4 cm³/mol. The van der Waals surface area contributed by atoms with Crippen molar-refractivity contribution in [2.45, 2.75) is 6.92 Å². The number of carbonyl (C=O) groups excluding carboxylic acids is 1. The maximum Gasteiger partial charge on any atom is 0.256 e. The zero-order valence-corrected chi connectivity index (χ0v) is 12.4. The normalized spacial score (nSPS) is 12.3. The highest BCUT2D eigenvalue weighted by atomic mass is 79.9. The number of carbonyl (C=O) groups is 1. The summed E-state index contributed by atoms with van der Waals surface area (Å²) in [6.45, 7) is 2.19. The highest BCUT2D eigenvalue weighted by Crippen LogP contribution is 2.34. The molecule has 0 saturated carbocycles. The van der Waals surface area contributed by atoms with Crippen LogP contribution in [0.15, 0.2) is 40.9 Å². The monoisotopic (exact) mass is 333 g/mol. The van der Waals surface area contributed by atoms with E-state index < -0.39 is 0 Å². The number of hydrogen-bond acceptors (Lipinski definition) is 3. The third-order valence-corrected chi connectivity index (χ3v) is 3.66. The predicted octanol–water partition coefficient (Wildman–Crippen LogP) is 3.74. The Morgan fingerprint density at radius 2 is 1.95 bits per heavy atom. The third-order valence-electron chi connectivity index (χ3n) is 3.00. The zero-order valence-electron chi connectivity index (χ0n) is 10.8. The summed E-state index contributed by atoms with van der Waals surface area (Å²) in [5.41, 5.74) is 2.36. The zero-order chi connectivity index (χ0) is 14.1. The van der Waals surface area contributed by atoms with Crippen LogP contribution in [-0.4, -0.2) is 12.7 Å². The van der Waals surface area contributed by atoms with Gasteiger partial charge in [-0.15, -0.1) is 0 Å². The minimum absolute atomic E-state index is 0.171. The minimum atomic E-state index is -0.171. The van der Waals surface area contributed by atoms with Gasteiger partial charge < -0.3 is 14.8 Å². The Morgan fingerprint density at radius 3 is 2.75 bits per heavy atom. The maximum absolute atomic E-state index is 12.2. The van der Waals surface area contributed by atoms with E-state index in [9.17, 15) is 4.79 Å². The van der Waals surface area contributed by atoms with Gasteiger partial charge in [0.25, 0.3) is 5.91 Å². The average molecular weight is 334 g/mol. The number of halogens is 1. The summed E-state index contributed by atoms with van der Waals surface area (Å²) in [6, 6.07) is 10.9. The van der Waals surface area contributed by atoms with E-state index in [1.165, 1.54) is 0 Å². The molecule has 0 fully saturated rings. The lowest BCUT2D eigenvalue weighted by Gasteiger charge is -2.08. The molecule has 1 N–H and O–H groups in total. The second-order valence-electron chi connectivity index (χ2n) is 4.51. The molecule has 0 saturated heterocycles. The Hall–Kier alpha value is -2.01. The van der Waals surface area contributed by atoms with Crippen LogP contribution in [0.2, 0.25) is 0 Å². The molecule has 20 heavy (non-hydrogen) atoms. The summed E-state index contributed by atoms with van der Waals surface area (Å²) in [6.07, 6.45) is 0. The summed E-state index contributed by atoms with van der Waals surface area (Å²) in [7, 11) is 0. The van der Waals surface area contributed by atoms with Gasteiger partial charge in [0, 0.05) is 16.2 Å². The van der Waals surface area contributed by atoms with Crippen LogP contribution in [0.3, 0.4) is 0 Å². The third kappa shape index (κ3) is 2.49. The molecule has 5 heteroatoms.